The van der Waals surface area contributed by atoms with E-state index in [0.717, 1.165) is 31.8 Å². The topological polar surface area (TPSA) is 112 Å². The Labute approximate surface area is 149 Å². The molecular formula is C16H20ClFN4O3. The molecule has 2 aromatic heterocycles. The van der Waals surface area contributed by atoms with Gasteiger partial charge in [0.25, 0.3) is 0 Å². The molecule has 1 aliphatic heterocycles. The number of nitrogens with zero attached hydrogens (tertiary/aromatic N) is 2. The van der Waals surface area contributed by atoms with E-state index in [0.29, 0.717) is 25.4 Å². The second-order valence-electron chi connectivity index (χ2n) is 6.09. The van der Waals surface area contributed by atoms with Crippen molar-refractivity contribution in [2.75, 3.05) is 26.2 Å². The smallest absolute Gasteiger partial charge is 0.341 e. The van der Waals surface area contributed by atoms with E-state index in [2.05, 4.69) is 14.9 Å². The number of carboxylic acid groups (broad SMARTS) is 1. The summed E-state index contributed by atoms with van der Waals surface area (Å²) in [6.07, 6.45) is 2.56. The van der Waals surface area contributed by atoms with Crippen molar-refractivity contribution < 1.29 is 14.3 Å². The lowest BCUT2D eigenvalue weighted by atomic mass is 10.1. The lowest BCUT2D eigenvalue weighted by molar-refractivity contribution is 0.0695. The zero-order valence-corrected chi connectivity index (χ0v) is 14.3. The molecule has 0 aliphatic carbocycles. The van der Waals surface area contributed by atoms with Gasteiger partial charge in [-0.25, -0.2) is 14.2 Å². The van der Waals surface area contributed by atoms with Crippen molar-refractivity contribution in [3.63, 3.8) is 0 Å². The third-order valence-electron chi connectivity index (χ3n) is 4.49. The van der Waals surface area contributed by atoms with Crippen LogP contribution in [0.3, 0.4) is 0 Å². The van der Waals surface area contributed by atoms with Crippen LogP contribution in [0.25, 0.3) is 11.0 Å². The summed E-state index contributed by atoms with van der Waals surface area (Å²) in [5.41, 5.74) is 4.96. The Hall–Kier alpha value is -2.03. The molecule has 1 aliphatic rings. The van der Waals surface area contributed by atoms with Crippen molar-refractivity contribution in [2.24, 2.45) is 11.7 Å². The van der Waals surface area contributed by atoms with Crippen LogP contribution in [0, 0.1) is 11.7 Å². The summed E-state index contributed by atoms with van der Waals surface area (Å²) in [7, 11) is 0. The molecule has 25 heavy (non-hydrogen) atoms. The van der Waals surface area contributed by atoms with Crippen LogP contribution in [0.4, 0.5) is 4.39 Å². The zero-order chi connectivity index (χ0) is 17.3. The van der Waals surface area contributed by atoms with E-state index in [4.69, 9.17) is 10.8 Å². The second kappa shape index (κ2) is 7.90. The molecule has 1 unspecified atom stereocenters. The summed E-state index contributed by atoms with van der Waals surface area (Å²) < 4.78 is 14.2. The van der Waals surface area contributed by atoms with Gasteiger partial charge in [-0.05, 0) is 31.5 Å². The normalized spacial score (nSPS) is 17.6. The first-order valence-corrected chi connectivity index (χ1v) is 7.86. The molecule has 9 heteroatoms. The van der Waals surface area contributed by atoms with Gasteiger partial charge < -0.3 is 20.7 Å². The number of hydrogen-bond donors (Lipinski definition) is 3. The number of fused-ring (bicyclic) bond motifs is 1. The fraction of sp³-hybridized carbons (Fsp3) is 0.438. The summed E-state index contributed by atoms with van der Waals surface area (Å²) >= 11 is 0. The molecule has 1 saturated heterocycles. The van der Waals surface area contributed by atoms with Gasteiger partial charge >= 0.3 is 5.97 Å². The van der Waals surface area contributed by atoms with E-state index in [9.17, 15) is 14.0 Å². The summed E-state index contributed by atoms with van der Waals surface area (Å²) in [5, 5.41) is 8.89. The van der Waals surface area contributed by atoms with Crippen LogP contribution < -0.4 is 11.2 Å². The van der Waals surface area contributed by atoms with Crippen LogP contribution >= 0.6 is 12.4 Å². The molecule has 4 N–H and O–H groups in total. The van der Waals surface area contributed by atoms with Gasteiger partial charge in [-0.15, -0.1) is 12.4 Å². The number of rotatable bonds is 5. The fourth-order valence-electron chi connectivity index (χ4n) is 3.07. The molecule has 0 saturated carbocycles. The highest BCUT2D eigenvalue weighted by Crippen LogP contribution is 2.17. The maximum atomic E-state index is 14.2. The highest BCUT2D eigenvalue weighted by Gasteiger charge is 2.21. The highest BCUT2D eigenvalue weighted by molar-refractivity contribution is 5.91. The van der Waals surface area contributed by atoms with Crippen molar-refractivity contribution in [1.82, 2.24) is 14.9 Å². The molecule has 0 bridgehead atoms. The van der Waals surface area contributed by atoms with Gasteiger partial charge in [-0.1, -0.05) is 0 Å². The van der Waals surface area contributed by atoms with Crippen LogP contribution in [-0.2, 0) is 6.42 Å². The fourth-order valence-corrected chi connectivity index (χ4v) is 3.07. The Bertz CT molecular complexity index is 842. The minimum Gasteiger partial charge on any atom is -0.477 e. The SMILES string of the molecule is Cl.NCC1CCN(CCc2nc3[nH]cc(C(=O)O)c(=O)c3cc2F)C1. The molecule has 3 heterocycles. The molecule has 2 aromatic rings. The summed E-state index contributed by atoms with van der Waals surface area (Å²) in [4.78, 5) is 32.1. The van der Waals surface area contributed by atoms with E-state index >= 15 is 0 Å². The minimum atomic E-state index is -1.36. The number of likely N-dealkylation sites (tertiary alicyclic amines) is 1. The number of aromatic amines is 1. The minimum absolute atomic E-state index is 0. The molecule has 1 fully saturated rings. The monoisotopic (exact) mass is 370 g/mol. The molecule has 3 rings (SSSR count). The Morgan fingerprint density at radius 2 is 2.28 bits per heavy atom. The quantitative estimate of drug-likeness (QED) is 0.724. The molecular weight excluding hydrogens is 351 g/mol. The first-order valence-electron chi connectivity index (χ1n) is 7.86. The van der Waals surface area contributed by atoms with Crippen molar-refractivity contribution in [3.8, 4) is 0 Å². The van der Waals surface area contributed by atoms with Crippen LogP contribution in [0.2, 0.25) is 0 Å². The van der Waals surface area contributed by atoms with Gasteiger partial charge in [0.05, 0.1) is 11.1 Å². The van der Waals surface area contributed by atoms with E-state index < -0.39 is 22.8 Å². The first kappa shape index (κ1) is 19.3. The number of aromatic nitrogens is 2. The number of pyridine rings is 2. The first-order chi connectivity index (χ1) is 11.5. The maximum Gasteiger partial charge on any atom is 0.341 e. The maximum absolute atomic E-state index is 14.2. The average molecular weight is 371 g/mol. The van der Waals surface area contributed by atoms with E-state index in [-0.39, 0.29) is 29.1 Å². The number of carbonyl (C=O) groups is 1. The zero-order valence-electron chi connectivity index (χ0n) is 13.5. The van der Waals surface area contributed by atoms with Crippen LogP contribution in [0.1, 0.15) is 22.5 Å². The molecule has 7 nitrogen and oxygen atoms in total. The predicted molar refractivity (Wildman–Crippen MR) is 93.8 cm³/mol. The van der Waals surface area contributed by atoms with Gasteiger partial charge in [0.15, 0.2) is 0 Å². The van der Waals surface area contributed by atoms with Gasteiger partial charge in [0.1, 0.15) is 17.0 Å². The number of carboxylic acids is 1. The van der Waals surface area contributed by atoms with Crippen molar-refractivity contribution in [2.45, 2.75) is 12.8 Å². The van der Waals surface area contributed by atoms with Gasteiger partial charge in [-0.3, -0.25) is 4.79 Å². The molecule has 0 aromatic carbocycles. The third-order valence-corrected chi connectivity index (χ3v) is 4.49. The number of aromatic carboxylic acids is 1. The summed E-state index contributed by atoms with van der Waals surface area (Å²) in [6, 6.07) is 1.07. The average Bonchev–Trinajstić information content (AvgIpc) is 3.01. The Morgan fingerprint density at radius 1 is 1.52 bits per heavy atom. The number of nitrogens with one attached hydrogen (secondary N) is 1. The number of halogens is 2. The molecule has 0 amide bonds. The molecule has 0 radical (unpaired) electrons. The standard InChI is InChI=1S/C16H19FN4O3.ClH/c17-12-5-10-14(22)11(16(23)24)7-19-15(10)20-13(12)2-4-21-3-1-9(6-18)8-21;/h5,7,9H,1-4,6,8,18H2,(H,23,24)(H,19,20,22);1H. The second-order valence-corrected chi connectivity index (χ2v) is 6.09. The predicted octanol–water partition coefficient (Wildman–Crippen LogP) is 1.01. The largest absolute Gasteiger partial charge is 0.477 e. The summed E-state index contributed by atoms with van der Waals surface area (Å²) in [6.45, 7) is 3.18. The number of hydrogen-bond acceptors (Lipinski definition) is 5. The van der Waals surface area contributed by atoms with E-state index in [1.807, 2.05) is 0 Å². The van der Waals surface area contributed by atoms with Crippen LogP contribution in [0.15, 0.2) is 17.1 Å². The van der Waals surface area contributed by atoms with Gasteiger partial charge in [0.2, 0.25) is 5.43 Å². The summed E-state index contributed by atoms with van der Waals surface area (Å²) in [5.74, 6) is -1.46. The Balaban J connectivity index is 0.00000225. The Kier molecular flexibility index (Phi) is 6.10. The van der Waals surface area contributed by atoms with Crippen molar-refractivity contribution in [3.05, 3.63) is 39.6 Å². The Morgan fingerprint density at radius 3 is 2.92 bits per heavy atom. The third kappa shape index (κ3) is 3.97. The van der Waals surface area contributed by atoms with Crippen LogP contribution in [-0.4, -0.2) is 52.1 Å². The van der Waals surface area contributed by atoms with Gasteiger partial charge in [0, 0.05) is 25.7 Å². The van der Waals surface area contributed by atoms with Crippen LogP contribution in [0.5, 0.6) is 0 Å². The van der Waals surface area contributed by atoms with E-state index in [1.165, 1.54) is 0 Å². The van der Waals surface area contributed by atoms with E-state index in [1.54, 1.807) is 0 Å². The number of nitrogens with two attached hydrogens (primary N) is 1. The molecule has 0 spiro atoms. The van der Waals surface area contributed by atoms with Gasteiger partial charge in [-0.2, -0.15) is 0 Å². The lowest BCUT2D eigenvalue weighted by Gasteiger charge is -2.15. The van der Waals surface area contributed by atoms with Crippen molar-refractivity contribution in [1.29, 1.82) is 0 Å². The van der Waals surface area contributed by atoms with Crippen molar-refractivity contribution >= 4 is 29.4 Å². The number of H-pyrrole nitrogens is 1. The molecule has 1 atom stereocenters. The lowest BCUT2D eigenvalue weighted by Crippen LogP contribution is -2.26. The highest BCUT2D eigenvalue weighted by atomic mass is 35.5. The molecule has 136 valence electrons.